The summed E-state index contributed by atoms with van der Waals surface area (Å²) in [5.74, 6) is 0.922. The molecule has 4 aromatic rings. The molecule has 0 aliphatic carbocycles. The Balaban J connectivity index is 0.000000230. The lowest BCUT2D eigenvalue weighted by atomic mass is 9.96. The van der Waals surface area contributed by atoms with Crippen molar-refractivity contribution in [3.05, 3.63) is 105 Å². The van der Waals surface area contributed by atoms with Crippen LogP contribution in [0.15, 0.2) is 82.4 Å². The van der Waals surface area contributed by atoms with E-state index < -0.39 is 5.41 Å². The number of nitrogens with one attached hydrogen (secondary N) is 5. The number of H-pyrrole nitrogens is 2. The summed E-state index contributed by atoms with van der Waals surface area (Å²) in [6.07, 6.45) is 0. The summed E-state index contributed by atoms with van der Waals surface area (Å²) in [5.41, 5.74) is 6.50. The highest BCUT2D eigenvalue weighted by Gasteiger charge is 2.22. The van der Waals surface area contributed by atoms with Crippen LogP contribution in [0.1, 0.15) is 57.8 Å². The zero-order valence-electron chi connectivity index (χ0n) is 23.3. The van der Waals surface area contributed by atoms with Gasteiger partial charge in [-0.15, -0.1) is 0 Å². The van der Waals surface area contributed by atoms with Crippen LogP contribution >= 0.6 is 0 Å². The molecule has 2 atom stereocenters. The average molecular weight is 545 g/mol. The molecule has 2 aromatic carbocycles. The van der Waals surface area contributed by atoms with Crippen molar-refractivity contribution >= 4 is 29.4 Å². The molecule has 40 heavy (non-hydrogen) atoms. The molecule has 210 valence electrons. The molecule has 0 saturated carbocycles. The van der Waals surface area contributed by atoms with Crippen molar-refractivity contribution in [2.45, 2.75) is 46.7 Å². The summed E-state index contributed by atoms with van der Waals surface area (Å²) in [7, 11) is 0. The van der Waals surface area contributed by atoms with E-state index in [1.807, 2.05) is 74.5 Å². The van der Waals surface area contributed by atoms with Gasteiger partial charge in [0.1, 0.15) is 11.6 Å². The topological polar surface area (TPSA) is 171 Å². The molecular weight excluding hydrogens is 508 g/mol. The first-order chi connectivity index (χ1) is 18.9. The number of benzene rings is 2. The van der Waals surface area contributed by atoms with Crippen LogP contribution in [0, 0.1) is 5.41 Å². The lowest BCUT2D eigenvalue weighted by Crippen LogP contribution is -2.29. The lowest BCUT2D eigenvalue weighted by Gasteiger charge is -2.18. The standard InChI is InChI=1S/C17H22N4O2.C12H14N4O/c1-11(12-8-6-5-7-9-12)18-13-10-14(22)20-16(19-13)21-15(23)17(2,3)4;1-8(9-5-3-2-4-6-9)14-10-7-11(17)16-12(13)15-10/h5-11H,1-4H3,(H3,18,19,20,21,22,23);2-8H,1H3,(H4,13,14,15,16,17)/t11-;8-/m00/s1. The van der Waals surface area contributed by atoms with Gasteiger partial charge in [-0.2, -0.15) is 9.97 Å². The van der Waals surface area contributed by atoms with Gasteiger partial charge in [-0.25, -0.2) is 0 Å². The molecular formula is C29H36N8O3. The summed E-state index contributed by atoms with van der Waals surface area (Å²) in [6, 6.07) is 22.5. The van der Waals surface area contributed by atoms with Crippen LogP contribution in [-0.4, -0.2) is 25.8 Å². The minimum Gasteiger partial charge on any atom is -0.369 e. The van der Waals surface area contributed by atoms with Crippen LogP contribution in [0.4, 0.5) is 23.5 Å². The smallest absolute Gasteiger partial charge is 0.254 e. The number of aromatic amines is 2. The second kappa shape index (κ2) is 13.2. The van der Waals surface area contributed by atoms with Gasteiger partial charge in [0.2, 0.25) is 17.8 Å². The Hall–Kier alpha value is -4.93. The molecule has 0 spiro atoms. The normalized spacial score (nSPS) is 12.3. The van der Waals surface area contributed by atoms with Crippen LogP contribution in [-0.2, 0) is 4.79 Å². The molecule has 0 fully saturated rings. The number of anilines is 4. The van der Waals surface area contributed by atoms with Gasteiger partial charge < -0.3 is 16.4 Å². The minimum absolute atomic E-state index is 0.0170. The fraction of sp³-hybridized carbons (Fsp3) is 0.276. The monoisotopic (exact) mass is 544 g/mol. The number of nitrogen functional groups attached to an aromatic ring is 1. The molecule has 11 nitrogen and oxygen atoms in total. The van der Waals surface area contributed by atoms with Gasteiger partial charge in [0.05, 0.1) is 0 Å². The Labute approximate surface area is 232 Å². The molecule has 2 heterocycles. The average Bonchev–Trinajstić information content (AvgIpc) is 2.88. The molecule has 0 unspecified atom stereocenters. The van der Waals surface area contributed by atoms with E-state index >= 15 is 0 Å². The van der Waals surface area contributed by atoms with E-state index in [9.17, 15) is 14.4 Å². The van der Waals surface area contributed by atoms with Gasteiger partial charge in [0.25, 0.3) is 11.1 Å². The maximum Gasteiger partial charge on any atom is 0.254 e. The summed E-state index contributed by atoms with van der Waals surface area (Å²) in [6.45, 7) is 9.35. The Morgan fingerprint density at radius 3 is 1.68 bits per heavy atom. The molecule has 0 aliphatic heterocycles. The lowest BCUT2D eigenvalue weighted by molar-refractivity contribution is -0.123. The maximum atomic E-state index is 12.0. The van der Waals surface area contributed by atoms with Crippen LogP contribution < -0.4 is 32.8 Å². The zero-order valence-corrected chi connectivity index (χ0v) is 23.3. The number of nitrogens with zero attached hydrogens (tertiary/aromatic N) is 2. The van der Waals surface area contributed by atoms with Crippen LogP contribution in [0.3, 0.4) is 0 Å². The van der Waals surface area contributed by atoms with Crippen molar-refractivity contribution in [3.8, 4) is 0 Å². The number of rotatable bonds is 7. The van der Waals surface area contributed by atoms with E-state index in [1.54, 1.807) is 20.8 Å². The Morgan fingerprint density at radius 2 is 1.23 bits per heavy atom. The number of aromatic nitrogens is 4. The molecule has 4 rings (SSSR count). The number of hydrogen-bond acceptors (Lipinski definition) is 8. The number of carbonyl (C=O) groups excluding carboxylic acids is 1. The van der Waals surface area contributed by atoms with Crippen LogP contribution in [0.2, 0.25) is 0 Å². The molecule has 0 saturated heterocycles. The molecule has 7 N–H and O–H groups in total. The van der Waals surface area contributed by atoms with E-state index in [-0.39, 0.29) is 41.0 Å². The summed E-state index contributed by atoms with van der Waals surface area (Å²) in [5, 5.41) is 8.93. The van der Waals surface area contributed by atoms with Gasteiger partial charge in [-0.05, 0) is 25.0 Å². The fourth-order valence-corrected chi connectivity index (χ4v) is 3.53. The molecule has 2 aromatic heterocycles. The number of carbonyl (C=O) groups is 1. The first kappa shape index (κ1) is 29.6. The zero-order chi connectivity index (χ0) is 29.3. The van der Waals surface area contributed by atoms with Gasteiger partial charge in [-0.3, -0.25) is 29.7 Å². The minimum atomic E-state index is -0.570. The van der Waals surface area contributed by atoms with Crippen molar-refractivity contribution < 1.29 is 4.79 Å². The van der Waals surface area contributed by atoms with Crippen molar-refractivity contribution in [1.29, 1.82) is 0 Å². The molecule has 1 amide bonds. The van der Waals surface area contributed by atoms with E-state index in [0.29, 0.717) is 11.6 Å². The molecule has 0 aliphatic rings. The summed E-state index contributed by atoms with van der Waals surface area (Å²) < 4.78 is 0. The third-order valence-corrected chi connectivity index (χ3v) is 5.74. The van der Waals surface area contributed by atoms with Gasteiger partial charge in [0.15, 0.2) is 0 Å². The van der Waals surface area contributed by atoms with E-state index in [2.05, 4.69) is 35.9 Å². The number of amides is 1. The van der Waals surface area contributed by atoms with Crippen LogP contribution in [0.25, 0.3) is 0 Å². The van der Waals surface area contributed by atoms with Crippen molar-refractivity contribution in [1.82, 2.24) is 19.9 Å². The Morgan fingerprint density at radius 1 is 0.775 bits per heavy atom. The van der Waals surface area contributed by atoms with Crippen LogP contribution in [0.5, 0.6) is 0 Å². The van der Waals surface area contributed by atoms with E-state index in [4.69, 9.17) is 5.73 Å². The SMILES string of the molecule is C[C@H](Nc1cc(=O)[nH]c(N)n1)c1ccccc1.C[C@H](Nc1cc(=O)[nH]c(NC(=O)C(C)(C)C)n1)c1ccccc1. The molecule has 11 heteroatoms. The second-order valence-corrected chi connectivity index (χ2v) is 10.3. The summed E-state index contributed by atoms with van der Waals surface area (Å²) >= 11 is 0. The van der Waals surface area contributed by atoms with Gasteiger partial charge in [0, 0.05) is 29.6 Å². The number of hydrogen-bond donors (Lipinski definition) is 6. The first-order valence-electron chi connectivity index (χ1n) is 12.8. The Bertz CT molecular complexity index is 1510. The highest BCUT2D eigenvalue weighted by molar-refractivity contribution is 5.93. The quantitative estimate of drug-likeness (QED) is 0.198. The van der Waals surface area contributed by atoms with Crippen molar-refractivity contribution in [2.75, 3.05) is 21.7 Å². The van der Waals surface area contributed by atoms with E-state index in [1.165, 1.54) is 12.1 Å². The largest absolute Gasteiger partial charge is 0.369 e. The molecule has 0 bridgehead atoms. The fourth-order valence-electron chi connectivity index (χ4n) is 3.53. The van der Waals surface area contributed by atoms with Gasteiger partial charge in [-0.1, -0.05) is 81.4 Å². The highest BCUT2D eigenvalue weighted by Crippen LogP contribution is 2.19. The molecule has 0 radical (unpaired) electrons. The maximum absolute atomic E-state index is 12.0. The van der Waals surface area contributed by atoms with Gasteiger partial charge >= 0.3 is 0 Å². The third-order valence-electron chi connectivity index (χ3n) is 5.74. The second-order valence-electron chi connectivity index (χ2n) is 10.3. The van der Waals surface area contributed by atoms with E-state index in [0.717, 1.165) is 11.1 Å². The summed E-state index contributed by atoms with van der Waals surface area (Å²) in [4.78, 5) is 48.2. The highest BCUT2D eigenvalue weighted by atomic mass is 16.2. The Kier molecular flexibility index (Phi) is 9.80. The first-order valence-corrected chi connectivity index (χ1v) is 12.8. The van der Waals surface area contributed by atoms with Crippen molar-refractivity contribution in [3.63, 3.8) is 0 Å². The predicted octanol–water partition coefficient (Wildman–Crippen LogP) is 4.45. The number of nitrogens with two attached hydrogens (primary N) is 1. The predicted molar refractivity (Wildman–Crippen MR) is 159 cm³/mol. The van der Waals surface area contributed by atoms with Crippen molar-refractivity contribution in [2.24, 2.45) is 5.41 Å². The third kappa shape index (κ3) is 9.12.